The van der Waals surface area contributed by atoms with Gasteiger partial charge >= 0.3 is 0 Å². The minimum atomic E-state index is -3.64. The molecule has 0 aliphatic carbocycles. The second-order valence-corrected chi connectivity index (χ2v) is 9.29. The first-order chi connectivity index (χ1) is 13.9. The summed E-state index contributed by atoms with van der Waals surface area (Å²) in [7, 11) is -3.64. The molecule has 1 aromatic carbocycles. The smallest absolute Gasteiger partial charge is 0.251 e. The molecule has 2 fully saturated rings. The monoisotopic (exact) mass is 421 g/mol. The first-order valence-electron chi connectivity index (χ1n) is 9.79. The summed E-state index contributed by atoms with van der Waals surface area (Å²) in [6.45, 7) is 5.97. The summed E-state index contributed by atoms with van der Waals surface area (Å²) < 4.78 is 31.9. The van der Waals surface area contributed by atoms with Gasteiger partial charge < -0.3 is 15.4 Å². The standard InChI is InChI=1S/C20H27N3O5S/c1-2-19(24)22-17-13-23(14-17)29(26,27)18-5-3-16(4-6-18)20(25)21-10-7-15-8-11-28-12-9-15/h2-6,15,17H,1,7-14H2,(H,21,25)(H,22,24). The SMILES string of the molecule is C=CC(=O)NC1CN(S(=O)(=O)c2ccc(C(=O)NCCC3CCOCC3)cc2)C1. The Morgan fingerprint density at radius 1 is 1.17 bits per heavy atom. The van der Waals surface area contributed by atoms with Crippen molar-refractivity contribution in [2.24, 2.45) is 5.92 Å². The van der Waals surface area contributed by atoms with Crippen molar-refractivity contribution in [1.29, 1.82) is 0 Å². The van der Waals surface area contributed by atoms with E-state index in [4.69, 9.17) is 4.74 Å². The fourth-order valence-corrected chi connectivity index (χ4v) is 4.97. The Morgan fingerprint density at radius 3 is 2.45 bits per heavy atom. The molecule has 1 aromatic rings. The molecular weight excluding hydrogens is 394 g/mol. The average Bonchev–Trinajstić information content (AvgIpc) is 2.70. The number of sulfonamides is 1. The zero-order chi connectivity index (χ0) is 20.9. The van der Waals surface area contributed by atoms with Crippen molar-refractivity contribution in [3.63, 3.8) is 0 Å². The number of carbonyl (C=O) groups excluding carboxylic acids is 2. The lowest BCUT2D eigenvalue weighted by Crippen LogP contribution is -2.60. The van der Waals surface area contributed by atoms with E-state index in [1.807, 2.05) is 0 Å². The molecule has 2 saturated heterocycles. The minimum absolute atomic E-state index is 0.129. The van der Waals surface area contributed by atoms with E-state index in [0.717, 1.165) is 38.6 Å². The van der Waals surface area contributed by atoms with Crippen molar-refractivity contribution in [2.45, 2.75) is 30.2 Å². The molecule has 0 bridgehead atoms. The third-order valence-corrected chi connectivity index (χ3v) is 7.16. The number of benzene rings is 1. The number of ether oxygens (including phenoxy) is 1. The van der Waals surface area contributed by atoms with Crippen LogP contribution in [-0.2, 0) is 19.6 Å². The minimum Gasteiger partial charge on any atom is -0.381 e. The van der Waals surface area contributed by atoms with Crippen LogP contribution in [0.25, 0.3) is 0 Å². The van der Waals surface area contributed by atoms with E-state index in [2.05, 4.69) is 17.2 Å². The molecule has 2 amide bonds. The Hall–Kier alpha value is -2.23. The number of hydrogen-bond donors (Lipinski definition) is 2. The normalized spacial score (nSPS) is 18.6. The van der Waals surface area contributed by atoms with E-state index < -0.39 is 10.0 Å². The molecule has 29 heavy (non-hydrogen) atoms. The molecule has 2 heterocycles. The molecule has 158 valence electrons. The topological polar surface area (TPSA) is 105 Å². The molecule has 0 aromatic heterocycles. The second kappa shape index (κ2) is 9.51. The predicted octanol–water partition coefficient (Wildman–Crippen LogP) is 0.908. The highest BCUT2D eigenvalue weighted by Gasteiger charge is 2.37. The first-order valence-corrected chi connectivity index (χ1v) is 11.2. The Balaban J connectivity index is 1.49. The maximum atomic E-state index is 12.6. The summed E-state index contributed by atoms with van der Waals surface area (Å²) in [5.74, 6) is 0.0459. The molecule has 3 rings (SSSR count). The number of amides is 2. The number of nitrogens with zero attached hydrogens (tertiary/aromatic N) is 1. The molecule has 8 nitrogen and oxygen atoms in total. The Bertz CT molecular complexity index is 841. The number of rotatable bonds is 8. The van der Waals surface area contributed by atoms with E-state index in [-0.39, 0.29) is 35.8 Å². The van der Waals surface area contributed by atoms with Crippen molar-refractivity contribution in [1.82, 2.24) is 14.9 Å². The highest BCUT2D eigenvalue weighted by molar-refractivity contribution is 7.89. The highest BCUT2D eigenvalue weighted by atomic mass is 32.2. The average molecular weight is 422 g/mol. The van der Waals surface area contributed by atoms with Gasteiger partial charge in [-0.15, -0.1) is 0 Å². The Labute approximate surface area is 171 Å². The molecular formula is C20H27N3O5S. The maximum absolute atomic E-state index is 12.6. The summed E-state index contributed by atoms with van der Waals surface area (Å²) in [6, 6.07) is 5.72. The molecule has 0 spiro atoms. The summed E-state index contributed by atoms with van der Waals surface area (Å²) in [6.07, 6.45) is 4.12. The number of carbonyl (C=O) groups is 2. The van der Waals surface area contributed by atoms with Crippen molar-refractivity contribution in [3.05, 3.63) is 42.5 Å². The molecule has 9 heteroatoms. The van der Waals surface area contributed by atoms with E-state index in [9.17, 15) is 18.0 Å². The van der Waals surface area contributed by atoms with E-state index in [1.165, 1.54) is 28.6 Å². The van der Waals surface area contributed by atoms with Crippen LogP contribution in [0.3, 0.4) is 0 Å². The molecule has 0 radical (unpaired) electrons. The molecule has 0 saturated carbocycles. The van der Waals surface area contributed by atoms with E-state index in [0.29, 0.717) is 18.0 Å². The first kappa shape index (κ1) is 21.5. The number of hydrogen-bond acceptors (Lipinski definition) is 5. The maximum Gasteiger partial charge on any atom is 0.251 e. The van der Waals surface area contributed by atoms with Crippen LogP contribution in [-0.4, -0.2) is 63.4 Å². The third-order valence-electron chi connectivity index (χ3n) is 5.31. The van der Waals surface area contributed by atoms with Crippen molar-refractivity contribution in [2.75, 3.05) is 32.8 Å². The van der Waals surface area contributed by atoms with Crippen molar-refractivity contribution < 1.29 is 22.7 Å². The van der Waals surface area contributed by atoms with Gasteiger partial charge in [-0.25, -0.2) is 8.42 Å². The largest absolute Gasteiger partial charge is 0.381 e. The van der Waals surface area contributed by atoms with Gasteiger partial charge in [0.05, 0.1) is 10.9 Å². The second-order valence-electron chi connectivity index (χ2n) is 7.36. The Kier molecular flexibility index (Phi) is 7.05. The van der Waals surface area contributed by atoms with Crippen LogP contribution in [0.5, 0.6) is 0 Å². The fraction of sp³-hybridized carbons (Fsp3) is 0.500. The third kappa shape index (κ3) is 5.43. The quantitative estimate of drug-likeness (QED) is 0.607. The van der Waals surface area contributed by atoms with Crippen LogP contribution < -0.4 is 10.6 Å². The van der Waals surface area contributed by atoms with Gasteiger partial charge in [-0.3, -0.25) is 9.59 Å². The molecule has 2 aliphatic rings. The lowest BCUT2D eigenvalue weighted by molar-refractivity contribution is -0.117. The summed E-state index contributed by atoms with van der Waals surface area (Å²) in [5, 5.41) is 5.55. The lowest BCUT2D eigenvalue weighted by Gasteiger charge is -2.38. The Morgan fingerprint density at radius 2 is 1.83 bits per heavy atom. The van der Waals surface area contributed by atoms with E-state index in [1.54, 1.807) is 0 Å². The lowest BCUT2D eigenvalue weighted by atomic mass is 9.97. The molecule has 0 unspecified atom stereocenters. The van der Waals surface area contributed by atoms with Gasteiger partial charge in [-0.2, -0.15) is 4.31 Å². The van der Waals surface area contributed by atoms with Crippen LogP contribution in [0.15, 0.2) is 41.8 Å². The van der Waals surface area contributed by atoms with Crippen LogP contribution in [0.2, 0.25) is 0 Å². The predicted molar refractivity (Wildman–Crippen MR) is 108 cm³/mol. The van der Waals surface area contributed by atoms with Crippen LogP contribution in [0.1, 0.15) is 29.6 Å². The highest BCUT2D eigenvalue weighted by Crippen LogP contribution is 2.22. The summed E-state index contributed by atoms with van der Waals surface area (Å²) >= 11 is 0. The van der Waals surface area contributed by atoms with Crippen LogP contribution in [0.4, 0.5) is 0 Å². The van der Waals surface area contributed by atoms with Gasteiger partial charge in [0.1, 0.15) is 0 Å². The van der Waals surface area contributed by atoms with Gasteiger partial charge in [0.15, 0.2) is 0 Å². The van der Waals surface area contributed by atoms with Crippen LogP contribution in [0, 0.1) is 5.92 Å². The summed E-state index contributed by atoms with van der Waals surface area (Å²) in [4.78, 5) is 23.7. The molecule has 2 aliphatic heterocycles. The zero-order valence-electron chi connectivity index (χ0n) is 16.3. The molecule has 2 N–H and O–H groups in total. The molecule has 0 atom stereocenters. The van der Waals surface area contributed by atoms with Gasteiger partial charge in [0.25, 0.3) is 5.91 Å². The van der Waals surface area contributed by atoms with E-state index >= 15 is 0 Å². The summed E-state index contributed by atoms with van der Waals surface area (Å²) in [5.41, 5.74) is 0.427. The van der Waals surface area contributed by atoms with Crippen LogP contribution >= 0.6 is 0 Å². The van der Waals surface area contributed by atoms with Crippen molar-refractivity contribution >= 4 is 21.8 Å². The van der Waals surface area contributed by atoms with Gasteiger partial charge in [0, 0.05) is 38.4 Å². The number of nitrogens with one attached hydrogen (secondary N) is 2. The zero-order valence-corrected chi connectivity index (χ0v) is 17.1. The van der Waals surface area contributed by atoms with Gasteiger partial charge in [0.2, 0.25) is 15.9 Å². The van der Waals surface area contributed by atoms with Gasteiger partial charge in [-0.05, 0) is 55.5 Å². The van der Waals surface area contributed by atoms with Crippen molar-refractivity contribution in [3.8, 4) is 0 Å². The van der Waals surface area contributed by atoms with Gasteiger partial charge in [-0.1, -0.05) is 6.58 Å². The fourth-order valence-electron chi connectivity index (χ4n) is 3.44.